The van der Waals surface area contributed by atoms with Crippen molar-refractivity contribution in [2.24, 2.45) is 0 Å². The first-order valence-electron chi connectivity index (χ1n) is 5.33. The van der Waals surface area contributed by atoms with E-state index in [0.29, 0.717) is 0 Å². The van der Waals surface area contributed by atoms with Crippen LogP contribution in [0.15, 0.2) is 23.7 Å². The third-order valence-corrected chi connectivity index (χ3v) is 3.21. The van der Waals surface area contributed by atoms with Gasteiger partial charge < -0.3 is 4.90 Å². The molecular weight excluding hydrogens is 204 g/mol. The number of rotatable bonds is 2. The summed E-state index contributed by atoms with van der Waals surface area (Å²) in [5.74, 6) is 1.10. The summed E-state index contributed by atoms with van der Waals surface area (Å²) in [6, 6.07) is 4.21. The van der Waals surface area contributed by atoms with Gasteiger partial charge in [-0.2, -0.15) is 12.6 Å². The van der Waals surface area contributed by atoms with Crippen molar-refractivity contribution >= 4 is 24.0 Å². The summed E-state index contributed by atoms with van der Waals surface area (Å²) in [4.78, 5) is 6.82. The molecule has 0 saturated carbocycles. The Morgan fingerprint density at radius 1 is 1.40 bits per heavy atom. The highest BCUT2D eigenvalue weighted by Gasteiger charge is 2.12. The maximum Gasteiger partial charge on any atom is 0.128 e. The van der Waals surface area contributed by atoms with E-state index >= 15 is 0 Å². The Morgan fingerprint density at radius 2 is 2.13 bits per heavy atom. The molecular formula is C12H16N2S. The SMILES string of the molecule is C/C(=C\S)c1ccc(N2CCCC2)nc1. The monoisotopic (exact) mass is 220 g/mol. The van der Waals surface area contributed by atoms with Gasteiger partial charge in [-0.05, 0) is 48.4 Å². The summed E-state index contributed by atoms with van der Waals surface area (Å²) in [5, 5.41) is 1.81. The fourth-order valence-electron chi connectivity index (χ4n) is 1.83. The van der Waals surface area contributed by atoms with Crippen molar-refractivity contribution in [3.63, 3.8) is 0 Å². The lowest BCUT2D eigenvalue weighted by Crippen LogP contribution is -2.18. The second kappa shape index (κ2) is 4.71. The highest BCUT2D eigenvalue weighted by molar-refractivity contribution is 7.83. The van der Waals surface area contributed by atoms with E-state index in [9.17, 15) is 0 Å². The molecule has 1 aliphatic heterocycles. The molecule has 0 aromatic carbocycles. The van der Waals surface area contributed by atoms with Crippen LogP contribution >= 0.6 is 12.6 Å². The Hall–Kier alpha value is -0.960. The predicted octanol–water partition coefficient (Wildman–Crippen LogP) is 2.97. The summed E-state index contributed by atoms with van der Waals surface area (Å²) in [5.41, 5.74) is 2.30. The van der Waals surface area contributed by atoms with Crippen LogP contribution in [0.3, 0.4) is 0 Å². The molecule has 2 rings (SSSR count). The van der Waals surface area contributed by atoms with Crippen LogP contribution in [0.1, 0.15) is 25.3 Å². The Labute approximate surface area is 96.4 Å². The van der Waals surface area contributed by atoms with Gasteiger partial charge in [0.2, 0.25) is 0 Å². The molecule has 0 radical (unpaired) electrons. The van der Waals surface area contributed by atoms with E-state index in [1.165, 1.54) is 12.8 Å². The highest BCUT2D eigenvalue weighted by Crippen LogP contribution is 2.20. The van der Waals surface area contributed by atoms with E-state index in [0.717, 1.165) is 30.0 Å². The van der Waals surface area contributed by atoms with Crippen molar-refractivity contribution in [2.45, 2.75) is 19.8 Å². The van der Waals surface area contributed by atoms with Gasteiger partial charge in [0, 0.05) is 19.3 Å². The van der Waals surface area contributed by atoms with E-state index in [4.69, 9.17) is 0 Å². The van der Waals surface area contributed by atoms with Crippen molar-refractivity contribution in [2.75, 3.05) is 18.0 Å². The van der Waals surface area contributed by atoms with Gasteiger partial charge in [-0.3, -0.25) is 0 Å². The zero-order valence-electron chi connectivity index (χ0n) is 8.98. The normalized spacial score (nSPS) is 17.2. The van der Waals surface area contributed by atoms with E-state index in [1.54, 1.807) is 0 Å². The molecule has 1 aliphatic rings. The average molecular weight is 220 g/mol. The van der Waals surface area contributed by atoms with Crippen molar-refractivity contribution in [3.8, 4) is 0 Å². The lowest BCUT2D eigenvalue weighted by molar-refractivity contribution is 0.937. The molecule has 0 unspecified atom stereocenters. The predicted molar refractivity (Wildman–Crippen MR) is 68.3 cm³/mol. The smallest absolute Gasteiger partial charge is 0.128 e. The molecule has 1 aromatic heterocycles. The number of hydrogen-bond acceptors (Lipinski definition) is 3. The van der Waals surface area contributed by atoms with Crippen LogP contribution in [0.4, 0.5) is 5.82 Å². The lowest BCUT2D eigenvalue weighted by atomic mass is 10.1. The van der Waals surface area contributed by atoms with Crippen molar-refractivity contribution in [3.05, 3.63) is 29.3 Å². The molecule has 1 saturated heterocycles. The summed E-state index contributed by atoms with van der Waals surface area (Å²) < 4.78 is 0. The van der Waals surface area contributed by atoms with Gasteiger partial charge in [-0.1, -0.05) is 0 Å². The first kappa shape index (κ1) is 10.6. The van der Waals surface area contributed by atoms with Crippen LogP contribution in [0.25, 0.3) is 5.57 Å². The van der Waals surface area contributed by atoms with Crippen LogP contribution in [0, 0.1) is 0 Å². The van der Waals surface area contributed by atoms with Crippen LogP contribution in [-0.4, -0.2) is 18.1 Å². The number of allylic oxidation sites excluding steroid dienone is 1. The summed E-state index contributed by atoms with van der Waals surface area (Å²) >= 11 is 4.14. The standard InChI is InChI=1S/C12H16N2S/c1-10(9-15)11-4-5-12(13-8-11)14-6-2-3-7-14/h4-5,8-9,15H,2-3,6-7H2,1H3/b10-9+. The molecule has 3 heteroatoms. The van der Waals surface area contributed by atoms with Gasteiger partial charge in [0.05, 0.1) is 0 Å². The molecule has 80 valence electrons. The Kier molecular flexibility index (Phi) is 3.31. The minimum Gasteiger partial charge on any atom is -0.357 e. The van der Waals surface area contributed by atoms with Crippen molar-refractivity contribution < 1.29 is 0 Å². The molecule has 2 heterocycles. The maximum atomic E-state index is 4.48. The van der Waals surface area contributed by atoms with Gasteiger partial charge in [-0.15, -0.1) is 0 Å². The molecule has 1 aromatic rings. The first-order chi connectivity index (χ1) is 7.31. The Bertz CT molecular complexity index is 350. The lowest BCUT2D eigenvalue weighted by Gasteiger charge is -2.16. The van der Waals surface area contributed by atoms with E-state index in [-0.39, 0.29) is 0 Å². The van der Waals surface area contributed by atoms with Crippen LogP contribution in [0.2, 0.25) is 0 Å². The molecule has 0 bridgehead atoms. The number of anilines is 1. The average Bonchev–Trinajstić information content (AvgIpc) is 2.82. The Balaban J connectivity index is 2.16. The van der Waals surface area contributed by atoms with Gasteiger partial charge >= 0.3 is 0 Å². The van der Waals surface area contributed by atoms with Crippen LogP contribution < -0.4 is 4.90 Å². The van der Waals surface area contributed by atoms with Crippen molar-refractivity contribution in [1.82, 2.24) is 4.98 Å². The fraction of sp³-hybridized carbons (Fsp3) is 0.417. The summed E-state index contributed by atoms with van der Waals surface area (Å²) in [6.07, 6.45) is 4.51. The third-order valence-electron chi connectivity index (χ3n) is 2.83. The molecule has 0 N–H and O–H groups in total. The second-order valence-electron chi connectivity index (χ2n) is 3.91. The van der Waals surface area contributed by atoms with Gasteiger partial charge in [-0.25, -0.2) is 4.98 Å². The number of nitrogens with zero attached hydrogens (tertiary/aromatic N) is 2. The van der Waals surface area contributed by atoms with Gasteiger partial charge in [0.25, 0.3) is 0 Å². The van der Waals surface area contributed by atoms with E-state index in [1.807, 2.05) is 18.5 Å². The zero-order chi connectivity index (χ0) is 10.7. The molecule has 0 atom stereocenters. The third kappa shape index (κ3) is 2.34. The Morgan fingerprint density at radius 3 is 2.67 bits per heavy atom. The molecule has 15 heavy (non-hydrogen) atoms. The minimum atomic E-state index is 1.10. The highest BCUT2D eigenvalue weighted by atomic mass is 32.1. The molecule has 2 nitrogen and oxygen atoms in total. The number of aromatic nitrogens is 1. The topological polar surface area (TPSA) is 16.1 Å². The van der Waals surface area contributed by atoms with Crippen molar-refractivity contribution in [1.29, 1.82) is 0 Å². The zero-order valence-corrected chi connectivity index (χ0v) is 9.87. The molecule has 1 fully saturated rings. The van der Waals surface area contributed by atoms with Crippen LogP contribution in [-0.2, 0) is 0 Å². The van der Waals surface area contributed by atoms with Gasteiger partial charge in [0.1, 0.15) is 5.82 Å². The first-order valence-corrected chi connectivity index (χ1v) is 5.85. The van der Waals surface area contributed by atoms with E-state index in [2.05, 4.69) is 34.6 Å². The van der Waals surface area contributed by atoms with E-state index < -0.39 is 0 Å². The quantitative estimate of drug-likeness (QED) is 0.771. The second-order valence-corrected chi connectivity index (χ2v) is 4.17. The largest absolute Gasteiger partial charge is 0.357 e. The molecule has 0 aliphatic carbocycles. The van der Waals surface area contributed by atoms with Crippen LogP contribution in [0.5, 0.6) is 0 Å². The fourth-order valence-corrected chi connectivity index (χ4v) is 1.98. The molecule has 0 spiro atoms. The molecule has 0 amide bonds. The number of pyridine rings is 1. The number of thiol groups is 1. The number of hydrogen-bond donors (Lipinski definition) is 1. The minimum absolute atomic E-state index is 1.10. The van der Waals surface area contributed by atoms with Gasteiger partial charge in [0.15, 0.2) is 0 Å². The summed E-state index contributed by atoms with van der Waals surface area (Å²) in [6.45, 7) is 4.33. The summed E-state index contributed by atoms with van der Waals surface area (Å²) in [7, 11) is 0. The maximum absolute atomic E-state index is 4.48.